The van der Waals surface area contributed by atoms with Crippen LogP contribution in [0.1, 0.15) is 20.8 Å². The summed E-state index contributed by atoms with van der Waals surface area (Å²) in [6.07, 6.45) is 1.57. The first-order chi connectivity index (χ1) is 10.8. The van der Waals surface area contributed by atoms with Crippen molar-refractivity contribution in [3.8, 4) is 5.88 Å². The van der Waals surface area contributed by atoms with Crippen LogP contribution in [-0.2, 0) is 20.8 Å². The minimum atomic E-state index is -0.525. The molecular weight excluding hydrogens is 324 g/mol. The number of fused-ring (bicyclic) bond motifs is 1. The third kappa shape index (κ3) is 4.77. The lowest BCUT2D eigenvalue weighted by Gasteiger charge is -2.19. The van der Waals surface area contributed by atoms with Gasteiger partial charge < -0.3 is 14.2 Å². The van der Waals surface area contributed by atoms with Crippen LogP contribution in [0.5, 0.6) is 5.88 Å². The number of nitrogens with zero attached hydrogens (tertiary/aromatic N) is 4. The quantitative estimate of drug-likeness (QED) is 0.449. The molecule has 0 saturated heterocycles. The van der Waals surface area contributed by atoms with Gasteiger partial charge in [0, 0.05) is 0 Å². The molecule has 23 heavy (non-hydrogen) atoms. The van der Waals surface area contributed by atoms with Crippen molar-refractivity contribution < 1.29 is 19.0 Å². The maximum atomic E-state index is 11.5. The minimum absolute atomic E-state index is 0.0927. The molecule has 9 heteroatoms. The summed E-state index contributed by atoms with van der Waals surface area (Å²) in [5.74, 6) is -0.0693. The Morgan fingerprint density at radius 2 is 2.09 bits per heavy atom. The molecule has 0 aromatic carbocycles. The van der Waals surface area contributed by atoms with Crippen molar-refractivity contribution in [2.45, 2.75) is 32.9 Å². The van der Waals surface area contributed by atoms with Crippen molar-refractivity contribution >= 4 is 28.6 Å². The van der Waals surface area contributed by atoms with Gasteiger partial charge in [-0.15, -0.1) is 0 Å². The molecule has 0 saturated carbocycles. The van der Waals surface area contributed by atoms with Crippen LogP contribution in [0.3, 0.4) is 0 Å². The van der Waals surface area contributed by atoms with E-state index in [-0.39, 0.29) is 18.5 Å². The standard InChI is InChI=1S/C14H19ClN4O4/c1-14(2,3)23-10(20)8-22-6-5-19-11-9(7-16-19)17-13(15)18-12(11)21-4/h7H,5-6,8H2,1-4H3. The third-order valence-electron chi connectivity index (χ3n) is 2.71. The van der Waals surface area contributed by atoms with Crippen molar-refractivity contribution in [1.29, 1.82) is 0 Å². The van der Waals surface area contributed by atoms with E-state index in [1.165, 1.54) is 7.11 Å². The molecule has 2 heterocycles. The lowest BCUT2D eigenvalue weighted by Crippen LogP contribution is -2.27. The molecule has 0 aliphatic rings. The molecule has 2 rings (SSSR count). The van der Waals surface area contributed by atoms with E-state index in [1.807, 2.05) is 0 Å². The van der Waals surface area contributed by atoms with Crippen molar-refractivity contribution in [1.82, 2.24) is 19.7 Å². The van der Waals surface area contributed by atoms with Gasteiger partial charge in [0.05, 0.1) is 26.5 Å². The van der Waals surface area contributed by atoms with E-state index in [0.717, 1.165) is 0 Å². The molecule has 126 valence electrons. The molecule has 0 fully saturated rings. The monoisotopic (exact) mass is 342 g/mol. The van der Waals surface area contributed by atoms with E-state index >= 15 is 0 Å². The van der Waals surface area contributed by atoms with Gasteiger partial charge in [0.2, 0.25) is 11.2 Å². The third-order valence-corrected chi connectivity index (χ3v) is 2.88. The van der Waals surface area contributed by atoms with Crippen LogP contribution in [0, 0.1) is 0 Å². The molecule has 0 unspecified atom stereocenters. The highest BCUT2D eigenvalue weighted by Gasteiger charge is 2.16. The average Bonchev–Trinajstić information content (AvgIpc) is 2.83. The highest BCUT2D eigenvalue weighted by molar-refractivity contribution is 6.28. The number of carbonyl (C=O) groups is 1. The van der Waals surface area contributed by atoms with E-state index in [2.05, 4.69) is 15.1 Å². The topological polar surface area (TPSA) is 88.4 Å². The van der Waals surface area contributed by atoms with Crippen molar-refractivity contribution in [2.24, 2.45) is 0 Å². The Kier molecular flexibility index (Phi) is 5.38. The number of rotatable bonds is 6. The first-order valence-corrected chi connectivity index (χ1v) is 7.40. The summed E-state index contributed by atoms with van der Waals surface area (Å²) in [6, 6.07) is 0. The van der Waals surface area contributed by atoms with E-state index in [0.29, 0.717) is 23.5 Å². The number of hydrogen-bond donors (Lipinski definition) is 0. The van der Waals surface area contributed by atoms with E-state index in [9.17, 15) is 4.79 Å². The highest BCUT2D eigenvalue weighted by atomic mass is 35.5. The number of ether oxygens (including phenoxy) is 3. The summed E-state index contributed by atoms with van der Waals surface area (Å²) in [4.78, 5) is 19.6. The van der Waals surface area contributed by atoms with Crippen LogP contribution >= 0.6 is 11.6 Å². The van der Waals surface area contributed by atoms with E-state index < -0.39 is 11.6 Å². The summed E-state index contributed by atoms with van der Waals surface area (Å²) in [7, 11) is 1.49. The number of esters is 1. The normalized spacial score (nSPS) is 11.7. The fraction of sp³-hybridized carbons (Fsp3) is 0.571. The van der Waals surface area contributed by atoms with Gasteiger partial charge in [0.25, 0.3) is 0 Å². The number of aromatic nitrogens is 4. The van der Waals surface area contributed by atoms with E-state index in [1.54, 1.807) is 31.6 Å². The average molecular weight is 343 g/mol. The molecule has 0 aliphatic carbocycles. The lowest BCUT2D eigenvalue weighted by molar-refractivity contribution is -0.160. The Morgan fingerprint density at radius 1 is 1.35 bits per heavy atom. The lowest BCUT2D eigenvalue weighted by atomic mass is 10.2. The van der Waals surface area contributed by atoms with Gasteiger partial charge in [-0.1, -0.05) is 0 Å². The molecule has 2 aromatic rings. The molecule has 0 amide bonds. The maximum Gasteiger partial charge on any atom is 0.332 e. The van der Waals surface area contributed by atoms with Crippen molar-refractivity contribution in [3.63, 3.8) is 0 Å². The summed E-state index contributed by atoms with van der Waals surface area (Å²) in [5.41, 5.74) is 0.676. The number of carbonyl (C=O) groups excluding carboxylic acids is 1. The van der Waals surface area contributed by atoms with Crippen molar-refractivity contribution in [3.05, 3.63) is 11.5 Å². The molecule has 0 spiro atoms. The van der Waals surface area contributed by atoms with Crippen LogP contribution in [0.25, 0.3) is 11.0 Å². The maximum absolute atomic E-state index is 11.5. The Bertz CT molecular complexity index is 696. The van der Waals surface area contributed by atoms with Gasteiger partial charge in [-0.3, -0.25) is 4.68 Å². The zero-order valence-electron chi connectivity index (χ0n) is 13.5. The Labute approximate surface area is 138 Å². The van der Waals surface area contributed by atoms with Crippen molar-refractivity contribution in [2.75, 3.05) is 20.3 Å². The fourth-order valence-corrected chi connectivity index (χ4v) is 2.10. The Balaban J connectivity index is 1.94. The number of halogens is 1. The molecular formula is C14H19ClN4O4. The Hall–Kier alpha value is -1.93. The second kappa shape index (κ2) is 7.10. The summed E-state index contributed by atoms with van der Waals surface area (Å²) < 4.78 is 17.3. The summed E-state index contributed by atoms with van der Waals surface area (Å²) >= 11 is 5.81. The molecule has 0 aliphatic heterocycles. The predicted octanol–water partition coefficient (Wildman–Crippen LogP) is 1.85. The second-order valence-electron chi connectivity index (χ2n) is 5.74. The zero-order valence-corrected chi connectivity index (χ0v) is 14.3. The fourth-order valence-electron chi connectivity index (χ4n) is 1.93. The molecule has 0 atom stereocenters. The van der Waals surface area contributed by atoms with Crippen LogP contribution in [0.4, 0.5) is 0 Å². The van der Waals surface area contributed by atoms with Crippen LogP contribution in [0.2, 0.25) is 5.28 Å². The summed E-state index contributed by atoms with van der Waals surface area (Å²) in [5, 5.41) is 4.29. The van der Waals surface area contributed by atoms with Crippen LogP contribution < -0.4 is 4.74 Å². The Morgan fingerprint density at radius 3 is 2.74 bits per heavy atom. The SMILES string of the molecule is COc1nc(Cl)nc2cnn(CCOCC(=O)OC(C)(C)C)c12. The summed E-state index contributed by atoms with van der Waals surface area (Å²) in [6.45, 7) is 5.99. The number of methoxy groups -OCH3 is 1. The zero-order chi connectivity index (χ0) is 17.0. The predicted molar refractivity (Wildman–Crippen MR) is 83.5 cm³/mol. The van der Waals surface area contributed by atoms with Crippen LogP contribution in [-0.4, -0.2) is 51.6 Å². The van der Waals surface area contributed by atoms with Gasteiger partial charge in [0.1, 0.15) is 23.2 Å². The van der Waals surface area contributed by atoms with Gasteiger partial charge in [-0.25, -0.2) is 9.78 Å². The highest BCUT2D eigenvalue weighted by Crippen LogP contribution is 2.23. The second-order valence-corrected chi connectivity index (χ2v) is 6.08. The molecule has 8 nitrogen and oxygen atoms in total. The molecule has 2 aromatic heterocycles. The van der Waals surface area contributed by atoms with Gasteiger partial charge >= 0.3 is 5.97 Å². The largest absolute Gasteiger partial charge is 0.479 e. The number of hydrogen-bond acceptors (Lipinski definition) is 7. The molecule has 0 N–H and O–H groups in total. The van der Waals surface area contributed by atoms with Gasteiger partial charge in [-0.2, -0.15) is 10.1 Å². The first kappa shape index (κ1) is 17.4. The minimum Gasteiger partial charge on any atom is -0.479 e. The van der Waals surface area contributed by atoms with E-state index in [4.69, 9.17) is 25.8 Å². The van der Waals surface area contributed by atoms with Crippen LogP contribution in [0.15, 0.2) is 6.20 Å². The van der Waals surface area contributed by atoms with Gasteiger partial charge in [-0.05, 0) is 32.4 Å². The molecule has 0 radical (unpaired) electrons. The smallest absolute Gasteiger partial charge is 0.332 e. The first-order valence-electron chi connectivity index (χ1n) is 7.03. The molecule has 0 bridgehead atoms. The van der Waals surface area contributed by atoms with Gasteiger partial charge in [0.15, 0.2) is 0 Å².